The number of rotatable bonds is 10. The van der Waals surface area contributed by atoms with E-state index in [0.29, 0.717) is 0 Å². The number of benzene rings is 1. The highest BCUT2D eigenvalue weighted by atomic mass is 19.2. The van der Waals surface area contributed by atoms with Gasteiger partial charge in [0.2, 0.25) is 34.8 Å². The van der Waals surface area contributed by atoms with Crippen LogP contribution < -0.4 is 10.1 Å². The first-order valence-electron chi connectivity index (χ1n) is 8.53. The molecule has 0 saturated heterocycles. The molecule has 6 nitrogen and oxygen atoms in total. The number of carbonyl (C=O) groups is 1. The van der Waals surface area contributed by atoms with Crippen molar-refractivity contribution in [1.82, 2.24) is 5.32 Å². The molecule has 1 N–H and O–H groups in total. The molecule has 0 spiro atoms. The summed E-state index contributed by atoms with van der Waals surface area (Å²) in [6, 6.07) is 0. The molecule has 1 aromatic carbocycles. The summed E-state index contributed by atoms with van der Waals surface area (Å²) < 4.78 is 87.2. The predicted molar refractivity (Wildman–Crippen MR) is 87.0 cm³/mol. The summed E-state index contributed by atoms with van der Waals surface area (Å²) in [4.78, 5) is 11.8. The molecular formula is C17H22F5NO5. The van der Waals surface area contributed by atoms with Gasteiger partial charge in [-0.1, -0.05) is 6.92 Å². The van der Waals surface area contributed by atoms with Gasteiger partial charge in [-0.2, -0.15) is 8.78 Å². The first-order valence-corrected chi connectivity index (χ1v) is 8.53. The fourth-order valence-corrected chi connectivity index (χ4v) is 2.32. The van der Waals surface area contributed by atoms with Crippen molar-refractivity contribution in [2.75, 3.05) is 26.4 Å². The Morgan fingerprint density at radius 3 is 1.64 bits per heavy atom. The maximum absolute atomic E-state index is 13.6. The standard InChI is InChI=1S/C17H22F5NO5/c1-5-25-17(26-6-2,27-7-3)9(4)8-23-16(24)28-15-13(21)11(19)10(18)12(20)14(15)22/h9H,5-8H2,1-4H3,(H,23,24). The van der Waals surface area contributed by atoms with Crippen LogP contribution in [0.25, 0.3) is 0 Å². The monoisotopic (exact) mass is 415 g/mol. The lowest BCUT2D eigenvalue weighted by atomic mass is 10.1. The maximum Gasteiger partial charge on any atom is 0.412 e. The van der Waals surface area contributed by atoms with E-state index in [1.807, 2.05) is 0 Å². The number of amides is 1. The molecule has 0 radical (unpaired) electrons. The van der Waals surface area contributed by atoms with Crippen molar-refractivity contribution in [2.45, 2.75) is 33.7 Å². The van der Waals surface area contributed by atoms with Crippen LogP contribution in [0.3, 0.4) is 0 Å². The van der Waals surface area contributed by atoms with Crippen LogP contribution in [-0.4, -0.2) is 38.4 Å². The van der Waals surface area contributed by atoms with Crippen LogP contribution in [0.1, 0.15) is 27.7 Å². The van der Waals surface area contributed by atoms with Gasteiger partial charge in [-0.3, -0.25) is 0 Å². The van der Waals surface area contributed by atoms with E-state index in [0.717, 1.165) is 0 Å². The number of carbonyl (C=O) groups excluding carboxylic acids is 1. The van der Waals surface area contributed by atoms with Gasteiger partial charge in [-0.25, -0.2) is 18.0 Å². The van der Waals surface area contributed by atoms with E-state index in [1.54, 1.807) is 27.7 Å². The Bertz CT molecular complexity index is 642. The topological polar surface area (TPSA) is 66.0 Å². The van der Waals surface area contributed by atoms with E-state index in [1.165, 1.54) is 0 Å². The molecule has 0 aromatic heterocycles. The predicted octanol–water partition coefficient (Wildman–Crippen LogP) is 3.87. The zero-order valence-corrected chi connectivity index (χ0v) is 15.8. The zero-order chi connectivity index (χ0) is 21.5. The molecule has 0 saturated carbocycles. The quantitative estimate of drug-likeness (QED) is 0.272. The van der Waals surface area contributed by atoms with Crippen molar-refractivity contribution in [3.05, 3.63) is 29.1 Å². The van der Waals surface area contributed by atoms with Gasteiger partial charge in [0.15, 0.2) is 0 Å². The van der Waals surface area contributed by atoms with Gasteiger partial charge in [-0.05, 0) is 20.8 Å². The highest BCUT2D eigenvalue weighted by Gasteiger charge is 2.39. The molecule has 160 valence electrons. The SMILES string of the molecule is CCOC(OCC)(OCC)C(C)CNC(=O)Oc1c(F)c(F)c(F)c(F)c1F. The summed E-state index contributed by atoms with van der Waals surface area (Å²) in [5, 5.41) is 2.15. The largest absolute Gasteiger partial charge is 0.412 e. The first-order chi connectivity index (χ1) is 13.1. The molecule has 0 aliphatic heterocycles. The Morgan fingerprint density at radius 2 is 1.25 bits per heavy atom. The molecule has 0 aliphatic carbocycles. The Balaban J connectivity index is 2.89. The molecule has 1 atom stereocenters. The number of hydrogen-bond donors (Lipinski definition) is 1. The minimum Gasteiger partial charge on any atom is -0.404 e. The summed E-state index contributed by atoms with van der Waals surface area (Å²) in [5.41, 5.74) is 0. The maximum atomic E-state index is 13.6. The molecule has 0 heterocycles. The zero-order valence-electron chi connectivity index (χ0n) is 15.8. The Hall–Kier alpha value is -1.98. The normalized spacial score (nSPS) is 12.8. The van der Waals surface area contributed by atoms with Gasteiger partial charge in [-0.15, -0.1) is 0 Å². The second-order valence-corrected chi connectivity index (χ2v) is 5.47. The van der Waals surface area contributed by atoms with Crippen molar-refractivity contribution in [3.8, 4) is 5.75 Å². The van der Waals surface area contributed by atoms with E-state index < -0.39 is 52.8 Å². The lowest BCUT2D eigenvalue weighted by Crippen LogP contribution is -2.50. The van der Waals surface area contributed by atoms with Crippen molar-refractivity contribution in [3.63, 3.8) is 0 Å². The van der Waals surface area contributed by atoms with Gasteiger partial charge < -0.3 is 24.3 Å². The molecule has 1 amide bonds. The summed E-state index contributed by atoms with van der Waals surface area (Å²) in [6.07, 6.45) is -1.44. The lowest BCUT2D eigenvalue weighted by molar-refractivity contribution is -0.398. The molecule has 28 heavy (non-hydrogen) atoms. The highest BCUT2D eigenvalue weighted by Crippen LogP contribution is 2.29. The van der Waals surface area contributed by atoms with Crippen LogP contribution in [0.2, 0.25) is 0 Å². The molecule has 0 aliphatic rings. The van der Waals surface area contributed by atoms with E-state index in [4.69, 9.17) is 14.2 Å². The van der Waals surface area contributed by atoms with E-state index >= 15 is 0 Å². The summed E-state index contributed by atoms with van der Waals surface area (Å²) in [7, 11) is 0. The number of halogens is 5. The first kappa shape index (κ1) is 24.1. The Kier molecular flexibility index (Phi) is 9.05. The minimum absolute atomic E-state index is 0.214. The van der Waals surface area contributed by atoms with Crippen LogP contribution in [0.4, 0.5) is 26.7 Å². The van der Waals surface area contributed by atoms with Gasteiger partial charge >= 0.3 is 6.09 Å². The number of ether oxygens (including phenoxy) is 4. The van der Waals surface area contributed by atoms with Gasteiger partial charge in [0.25, 0.3) is 5.97 Å². The van der Waals surface area contributed by atoms with Crippen molar-refractivity contribution >= 4 is 6.09 Å². The average molecular weight is 415 g/mol. The lowest BCUT2D eigenvalue weighted by Gasteiger charge is -2.37. The summed E-state index contributed by atoms with van der Waals surface area (Å²) >= 11 is 0. The molecule has 1 unspecified atom stereocenters. The van der Waals surface area contributed by atoms with Gasteiger partial charge in [0.1, 0.15) is 0 Å². The van der Waals surface area contributed by atoms with Crippen molar-refractivity contribution in [1.29, 1.82) is 0 Å². The van der Waals surface area contributed by atoms with E-state index in [2.05, 4.69) is 10.1 Å². The molecule has 1 aromatic rings. The van der Waals surface area contributed by atoms with Crippen LogP contribution in [0.15, 0.2) is 0 Å². The van der Waals surface area contributed by atoms with Gasteiger partial charge in [0.05, 0.1) is 5.92 Å². The summed E-state index contributed by atoms with van der Waals surface area (Å²) in [5.74, 6) is -15.2. The van der Waals surface area contributed by atoms with Gasteiger partial charge in [0, 0.05) is 26.4 Å². The minimum atomic E-state index is -2.36. The fraction of sp³-hybridized carbons (Fsp3) is 0.588. The molecule has 11 heteroatoms. The average Bonchev–Trinajstić information content (AvgIpc) is 2.66. The third-order valence-electron chi connectivity index (χ3n) is 3.56. The van der Waals surface area contributed by atoms with Crippen LogP contribution in [-0.2, 0) is 14.2 Å². The van der Waals surface area contributed by atoms with Crippen LogP contribution in [0.5, 0.6) is 5.75 Å². The third-order valence-corrected chi connectivity index (χ3v) is 3.56. The molecule has 0 bridgehead atoms. The third kappa shape index (κ3) is 5.30. The van der Waals surface area contributed by atoms with E-state index in [9.17, 15) is 26.7 Å². The Labute approximate surface area is 158 Å². The molecule has 0 fully saturated rings. The second kappa shape index (κ2) is 10.5. The van der Waals surface area contributed by atoms with Crippen LogP contribution in [0, 0.1) is 35.0 Å². The molecule has 1 rings (SSSR count). The fourth-order valence-electron chi connectivity index (χ4n) is 2.32. The van der Waals surface area contributed by atoms with Crippen molar-refractivity contribution < 1.29 is 45.7 Å². The second-order valence-electron chi connectivity index (χ2n) is 5.47. The van der Waals surface area contributed by atoms with Crippen molar-refractivity contribution in [2.24, 2.45) is 5.92 Å². The number of nitrogens with one attached hydrogen (secondary N) is 1. The van der Waals surface area contributed by atoms with E-state index in [-0.39, 0.29) is 26.4 Å². The number of hydrogen-bond acceptors (Lipinski definition) is 5. The molecular weight excluding hydrogens is 393 g/mol. The summed E-state index contributed by atoms with van der Waals surface area (Å²) in [6.45, 7) is 7.14. The van der Waals surface area contributed by atoms with Crippen LogP contribution >= 0.6 is 0 Å². The highest BCUT2D eigenvalue weighted by molar-refractivity contribution is 5.70. The smallest absolute Gasteiger partial charge is 0.404 e. The Morgan fingerprint density at radius 1 is 0.857 bits per heavy atom.